The van der Waals surface area contributed by atoms with Crippen LogP contribution in [0, 0.1) is 63.0 Å². The number of nitrogens with zero attached hydrogens (tertiary/aromatic N) is 2. The summed E-state index contributed by atoms with van der Waals surface area (Å²) in [5, 5.41) is 0. The van der Waals surface area contributed by atoms with E-state index in [1.54, 1.807) is 0 Å². The lowest BCUT2D eigenvalue weighted by molar-refractivity contribution is -0.463. The number of hydrogen-bond acceptors (Lipinski definition) is 0. The summed E-state index contributed by atoms with van der Waals surface area (Å²) in [5.41, 5.74) is 0. The third kappa shape index (κ3) is 3.00. The van der Waals surface area contributed by atoms with Gasteiger partial charge < -0.3 is 8.96 Å². The maximum Gasteiger partial charge on any atom is 0.0750 e. The van der Waals surface area contributed by atoms with Crippen molar-refractivity contribution in [2.24, 2.45) is 0 Å². The van der Waals surface area contributed by atoms with Gasteiger partial charge in [-0.1, -0.05) is 25.7 Å². The Balaban J connectivity index is 2.32. The van der Waals surface area contributed by atoms with Crippen LogP contribution in [0.15, 0.2) is 0 Å². The Morgan fingerprint density at radius 1 is 0.611 bits per heavy atom. The van der Waals surface area contributed by atoms with E-state index in [4.69, 9.17) is 0 Å². The Morgan fingerprint density at radius 3 is 1.11 bits per heavy atom. The van der Waals surface area contributed by atoms with Gasteiger partial charge in [-0.15, -0.1) is 0 Å². The van der Waals surface area contributed by atoms with Gasteiger partial charge in [-0.2, -0.15) is 11.6 Å². The molecule has 0 heterocycles. The summed E-state index contributed by atoms with van der Waals surface area (Å²) >= 11 is 0. The van der Waals surface area contributed by atoms with Gasteiger partial charge in [0.15, 0.2) is 0 Å². The Hall–Kier alpha value is -0.270. The van der Waals surface area contributed by atoms with Crippen molar-refractivity contribution in [1.82, 2.24) is 0 Å². The first-order chi connectivity index (χ1) is 8.61. The van der Waals surface area contributed by atoms with E-state index in [2.05, 4.69) is 88.5 Å². The van der Waals surface area contributed by atoms with Crippen LogP contribution in [-0.2, 0) is 0 Å². The standard InChI is InChI=1S/C14H20B2N2/c1-17(2)15(13-9-5-6-10-13)16(18(3)4)14-11-7-8-12-14/h5-12H,1-4H3. The second-order valence-electron chi connectivity index (χ2n) is 5.25. The predicted octanol–water partition coefficient (Wildman–Crippen LogP) is 1.02. The summed E-state index contributed by atoms with van der Waals surface area (Å²) in [6.07, 6.45) is 18.1. The van der Waals surface area contributed by atoms with Crippen LogP contribution in [0.5, 0.6) is 0 Å². The quantitative estimate of drug-likeness (QED) is 0.647. The third-order valence-electron chi connectivity index (χ3n) is 3.47. The normalized spacial score (nSPS) is 21.3. The maximum atomic E-state index is 2.30. The lowest BCUT2D eigenvalue weighted by Gasteiger charge is -2.33. The molecule has 0 aliphatic heterocycles. The number of rotatable bonds is 3. The Kier molecular flexibility index (Phi) is 4.91. The van der Waals surface area contributed by atoms with Crippen molar-refractivity contribution in [2.45, 2.75) is 0 Å². The van der Waals surface area contributed by atoms with Gasteiger partial charge >= 0.3 is 0 Å². The van der Waals surface area contributed by atoms with E-state index < -0.39 is 0 Å². The zero-order valence-electron chi connectivity index (χ0n) is 11.7. The molecule has 0 bridgehead atoms. The van der Waals surface area contributed by atoms with Crippen molar-refractivity contribution >= 4 is 12.8 Å². The minimum Gasteiger partial charge on any atom is -0.528 e. The van der Waals surface area contributed by atoms with E-state index in [1.165, 1.54) is 11.6 Å². The first-order valence-corrected chi connectivity index (χ1v) is 6.37. The molecule has 0 saturated heterocycles. The monoisotopic (exact) mass is 238 g/mol. The van der Waals surface area contributed by atoms with Crippen LogP contribution in [0.2, 0.25) is 0 Å². The molecule has 0 aromatic heterocycles. The first kappa shape index (κ1) is 14.1. The molecule has 10 radical (unpaired) electrons. The van der Waals surface area contributed by atoms with Crippen molar-refractivity contribution in [3.63, 3.8) is 0 Å². The highest BCUT2D eigenvalue weighted by atomic mass is 14.9. The highest BCUT2D eigenvalue weighted by Gasteiger charge is 2.25. The van der Waals surface area contributed by atoms with Crippen molar-refractivity contribution in [1.29, 1.82) is 0 Å². The summed E-state index contributed by atoms with van der Waals surface area (Å²) in [5.74, 6) is 2.75. The Bertz CT molecular complexity index is 318. The van der Waals surface area contributed by atoms with E-state index in [0.717, 1.165) is 0 Å². The highest BCUT2D eigenvalue weighted by molar-refractivity contribution is 7.14. The molecule has 0 unspecified atom stereocenters. The second-order valence-corrected chi connectivity index (χ2v) is 5.25. The van der Waals surface area contributed by atoms with E-state index in [0.29, 0.717) is 12.8 Å². The fourth-order valence-electron chi connectivity index (χ4n) is 2.70. The minimum absolute atomic E-state index is 0.373. The van der Waals surface area contributed by atoms with Crippen LogP contribution in [0.4, 0.5) is 0 Å². The highest BCUT2D eigenvalue weighted by Crippen LogP contribution is 2.29. The van der Waals surface area contributed by atoms with Gasteiger partial charge in [0.05, 0.1) is 28.2 Å². The summed E-state index contributed by atoms with van der Waals surface area (Å²) in [6.45, 7) is 0. The van der Waals surface area contributed by atoms with Crippen LogP contribution in [-0.4, -0.2) is 49.9 Å². The topological polar surface area (TPSA) is 6.02 Å². The molecule has 2 saturated carbocycles. The lowest BCUT2D eigenvalue weighted by atomic mass is 9.20. The molecule has 2 aliphatic rings. The molecule has 0 spiro atoms. The third-order valence-corrected chi connectivity index (χ3v) is 3.47. The minimum atomic E-state index is 0.373. The molecule has 0 aromatic rings. The molecule has 0 aromatic carbocycles. The molecule has 92 valence electrons. The molecule has 0 atom stereocenters. The van der Waals surface area contributed by atoms with Crippen LogP contribution in [0.1, 0.15) is 0 Å². The number of hydrogen-bond donors (Lipinski definition) is 0. The van der Waals surface area contributed by atoms with Gasteiger partial charge in [-0.05, 0) is 25.7 Å². The molecular formula is C14H20B2N2. The Morgan fingerprint density at radius 2 is 0.889 bits per heavy atom. The smallest absolute Gasteiger partial charge is 0.0750 e. The van der Waals surface area contributed by atoms with Crippen molar-refractivity contribution < 1.29 is 8.96 Å². The molecule has 2 fully saturated rings. The largest absolute Gasteiger partial charge is 0.528 e. The van der Waals surface area contributed by atoms with E-state index >= 15 is 0 Å². The average molecular weight is 238 g/mol. The summed E-state index contributed by atoms with van der Waals surface area (Å²) < 4.78 is 4.60. The van der Waals surface area contributed by atoms with Crippen LogP contribution in [0.3, 0.4) is 0 Å². The van der Waals surface area contributed by atoms with Gasteiger partial charge in [0.2, 0.25) is 0 Å². The van der Waals surface area contributed by atoms with Crippen LogP contribution in [0.25, 0.3) is 0 Å². The summed E-state index contributed by atoms with van der Waals surface area (Å²) in [7, 11) is 8.60. The second kappa shape index (κ2) is 6.25. The summed E-state index contributed by atoms with van der Waals surface area (Å²) in [4.78, 5) is 0. The Labute approximate surface area is 113 Å². The van der Waals surface area contributed by atoms with Crippen LogP contribution < -0.4 is 0 Å². The van der Waals surface area contributed by atoms with Crippen molar-refractivity contribution in [2.75, 3.05) is 28.2 Å². The maximum absolute atomic E-state index is 2.30. The summed E-state index contributed by atoms with van der Waals surface area (Å²) in [6, 6.07) is 0. The van der Waals surface area contributed by atoms with Gasteiger partial charge in [0.1, 0.15) is 0 Å². The molecule has 18 heavy (non-hydrogen) atoms. The van der Waals surface area contributed by atoms with E-state index in [1.807, 2.05) is 0 Å². The molecule has 2 nitrogen and oxygen atoms in total. The van der Waals surface area contributed by atoms with Gasteiger partial charge in [-0.25, -0.2) is 0 Å². The first-order valence-electron chi connectivity index (χ1n) is 6.37. The predicted molar refractivity (Wildman–Crippen MR) is 76.6 cm³/mol. The molecule has 0 amide bonds. The molecule has 4 heteroatoms. The van der Waals surface area contributed by atoms with E-state index in [-0.39, 0.29) is 0 Å². The van der Waals surface area contributed by atoms with Gasteiger partial charge in [0.25, 0.3) is 0 Å². The average Bonchev–Trinajstić information content (AvgIpc) is 2.97. The van der Waals surface area contributed by atoms with Gasteiger partial charge in [0, 0.05) is 12.8 Å². The zero-order valence-corrected chi connectivity index (χ0v) is 11.7. The fraction of sp³-hybridized carbons (Fsp3) is 0.286. The zero-order chi connectivity index (χ0) is 13.1. The van der Waals surface area contributed by atoms with Crippen molar-refractivity contribution in [3.05, 3.63) is 63.0 Å². The van der Waals surface area contributed by atoms with E-state index in [9.17, 15) is 0 Å². The van der Waals surface area contributed by atoms with Crippen LogP contribution >= 0.6 is 0 Å². The van der Waals surface area contributed by atoms with Gasteiger partial charge in [-0.3, -0.25) is 0 Å². The molecule has 0 N–H and O–H groups in total. The lowest BCUT2D eigenvalue weighted by Crippen LogP contribution is -2.42. The molecular weight excluding hydrogens is 218 g/mol. The SMILES string of the molecule is C[N+](C)=[B-]([B-]([C]1[CH][CH][CH][CH]1)=[N+](C)C)[C]1[CH][CH][CH][CH]1. The van der Waals surface area contributed by atoms with Crippen molar-refractivity contribution in [3.8, 4) is 0 Å². The molecule has 2 aliphatic carbocycles. The molecule has 2 rings (SSSR count). The fourth-order valence-corrected chi connectivity index (χ4v) is 2.70.